The molecule has 2 aliphatic rings. The predicted octanol–water partition coefficient (Wildman–Crippen LogP) is 3.41. The molecule has 2 fully saturated rings. The summed E-state index contributed by atoms with van der Waals surface area (Å²) in [7, 11) is 0. The maximum Gasteiger partial charge on any atom is 0.233 e. The van der Waals surface area contributed by atoms with Gasteiger partial charge in [0, 0.05) is 24.3 Å². The zero-order valence-electron chi connectivity index (χ0n) is 17.1. The van der Waals surface area contributed by atoms with E-state index >= 15 is 0 Å². The zero-order chi connectivity index (χ0) is 21.3. The van der Waals surface area contributed by atoms with Crippen LogP contribution in [0.2, 0.25) is 0 Å². The van der Waals surface area contributed by atoms with Crippen molar-refractivity contribution in [3.8, 4) is 11.8 Å². The molecule has 154 valence electrons. The van der Waals surface area contributed by atoms with E-state index < -0.39 is 5.41 Å². The second kappa shape index (κ2) is 7.83. The summed E-state index contributed by atoms with van der Waals surface area (Å²) in [5, 5.41) is 21.9. The van der Waals surface area contributed by atoms with Gasteiger partial charge in [0.15, 0.2) is 0 Å². The molecule has 6 heteroatoms. The molecule has 30 heavy (non-hydrogen) atoms. The van der Waals surface area contributed by atoms with Crippen LogP contribution in [0.15, 0.2) is 36.4 Å². The van der Waals surface area contributed by atoms with Gasteiger partial charge in [0.2, 0.25) is 11.8 Å². The average molecular weight is 403 g/mol. The van der Waals surface area contributed by atoms with Gasteiger partial charge in [-0.05, 0) is 68.0 Å². The summed E-state index contributed by atoms with van der Waals surface area (Å²) in [5.74, 6) is -0.0847. The van der Waals surface area contributed by atoms with Gasteiger partial charge in [-0.3, -0.25) is 9.59 Å². The van der Waals surface area contributed by atoms with E-state index in [1.807, 2.05) is 36.1 Å². The molecule has 4 rings (SSSR count). The monoisotopic (exact) mass is 403 g/mol. The molecule has 2 amide bonds. The summed E-state index contributed by atoms with van der Waals surface area (Å²) in [6, 6.07) is 12.3. The van der Waals surface area contributed by atoms with Crippen LogP contribution in [0.3, 0.4) is 0 Å². The van der Waals surface area contributed by atoms with Crippen LogP contribution < -0.4 is 5.32 Å². The first-order chi connectivity index (χ1) is 14.4. The quantitative estimate of drug-likeness (QED) is 0.800. The molecule has 1 aliphatic heterocycles. The van der Waals surface area contributed by atoms with Crippen LogP contribution in [0.5, 0.6) is 5.75 Å². The number of aromatic hydroxyl groups is 1. The number of benzene rings is 2. The lowest BCUT2D eigenvalue weighted by Crippen LogP contribution is -2.37. The summed E-state index contributed by atoms with van der Waals surface area (Å²) < 4.78 is 0. The number of phenolic OH excluding ortho intramolecular Hbond substituents is 1. The summed E-state index contributed by atoms with van der Waals surface area (Å²) in [4.78, 5) is 27.7. The van der Waals surface area contributed by atoms with Gasteiger partial charge in [-0.25, -0.2) is 0 Å². The lowest BCUT2D eigenvalue weighted by atomic mass is 9.92. The topological polar surface area (TPSA) is 93.4 Å². The van der Waals surface area contributed by atoms with Crippen molar-refractivity contribution in [2.45, 2.75) is 44.4 Å². The largest absolute Gasteiger partial charge is 0.508 e. The third kappa shape index (κ3) is 3.76. The number of anilines is 1. The van der Waals surface area contributed by atoms with Crippen molar-refractivity contribution in [1.82, 2.24) is 4.90 Å². The number of hydrogen-bond acceptors (Lipinski definition) is 4. The van der Waals surface area contributed by atoms with Crippen molar-refractivity contribution in [3.05, 3.63) is 58.7 Å². The molecular formula is C24H25N3O3. The van der Waals surface area contributed by atoms with Crippen LogP contribution in [-0.4, -0.2) is 34.9 Å². The van der Waals surface area contributed by atoms with Gasteiger partial charge in [-0.2, -0.15) is 5.26 Å². The molecular weight excluding hydrogens is 378 g/mol. The highest BCUT2D eigenvalue weighted by Gasteiger charge is 2.53. The molecule has 2 N–H and O–H groups in total. The Balaban J connectivity index is 1.52. The van der Waals surface area contributed by atoms with Gasteiger partial charge in [-0.15, -0.1) is 0 Å². The van der Waals surface area contributed by atoms with E-state index in [-0.39, 0.29) is 24.0 Å². The standard InChI is InChI=1S/C24H25N3O3/c1-16-4-6-19(24(8-9-24)23(30)27-10-2-3-11-27)14-20(16)26-22(29)13-18-12-17(15-25)5-7-21(18)28/h4-7,12,14,28H,2-3,8-11,13H2,1H3,(H,26,29). The number of rotatable bonds is 5. The van der Waals surface area contributed by atoms with Gasteiger partial charge in [0.1, 0.15) is 5.75 Å². The van der Waals surface area contributed by atoms with Crippen LogP contribution in [0, 0.1) is 18.3 Å². The minimum absolute atomic E-state index is 0.0113. The first-order valence-electron chi connectivity index (χ1n) is 10.4. The summed E-state index contributed by atoms with van der Waals surface area (Å²) in [6.07, 6.45) is 3.78. The number of amides is 2. The molecule has 0 unspecified atom stereocenters. The fourth-order valence-electron chi connectivity index (χ4n) is 4.19. The molecule has 2 aromatic rings. The minimum atomic E-state index is -0.448. The van der Waals surface area contributed by atoms with E-state index in [2.05, 4.69) is 5.32 Å². The smallest absolute Gasteiger partial charge is 0.233 e. The number of nitrogens with zero attached hydrogens (tertiary/aromatic N) is 2. The molecule has 1 aliphatic carbocycles. The molecule has 1 saturated carbocycles. The summed E-state index contributed by atoms with van der Waals surface area (Å²) in [5.41, 5.74) is 2.89. The van der Waals surface area contributed by atoms with Crippen LogP contribution in [0.4, 0.5) is 5.69 Å². The molecule has 1 heterocycles. The highest BCUT2D eigenvalue weighted by atomic mass is 16.3. The molecule has 0 atom stereocenters. The van der Waals surface area contributed by atoms with Crippen LogP contribution in [0.1, 0.15) is 47.9 Å². The van der Waals surface area contributed by atoms with Gasteiger partial charge in [0.05, 0.1) is 23.5 Å². The summed E-state index contributed by atoms with van der Waals surface area (Å²) in [6.45, 7) is 3.58. The molecule has 0 radical (unpaired) electrons. The Morgan fingerprint density at radius 3 is 2.57 bits per heavy atom. The Morgan fingerprint density at radius 1 is 1.17 bits per heavy atom. The molecule has 6 nitrogen and oxygen atoms in total. The van der Waals surface area contributed by atoms with Crippen molar-refractivity contribution in [3.63, 3.8) is 0 Å². The molecule has 0 bridgehead atoms. The number of carbonyl (C=O) groups excluding carboxylic acids is 2. The number of nitrogens with one attached hydrogen (secondary N) is 1. The van der Waals surface area contributed by atoms with Crippen molar-refractivity contribution < 1.29 is 14.7 Å². The van der Waals surface area contributed by atoms with Gasteiger partial charge in [-0.1, -0.05) is 12.1 Å². The second-order valence-corrected chi connectivity index (χ2v) is 8.29. The third-order valence-electron chi connectivity index (χ3n) is 6.18. The normalized spacial score (nSPS) is 16.7. The molecule has 0 spiro atoms. The fourth-order valence-corrected chi connectivity index (χ4v) is 4.19. The first kappa shape index (κ1) is 20.0. The van der Waals surface area contributed by atoms with Gasteiger partial charge < -0.3 is 15.3 Å². The number of carbonyl (C=O) groups is 2. The zero-order valence-corrected chi connectivity index (χ0v) is 17.1. The maximum atomic E-state index is 13.1. The molecule has 1 saturated heterocycles. The lowest BCUT2D eigenvalue weighted by Gasteiger charge is -2.24. The van der Waals surface area contributed by atoms with E-state index in [0.717, 1.165) is 49.9 Å². The Morgan fingerprint density at radius 2 is 1.90 bits per heavy atom. The Hall–Kier alpha value is -3.33. The number of nitriles is 1. The van der Waals surface area contributed by atoms with Crippen molar-refractivity contribution in [2.24, 2.45) is 0 Å². The highest BCUT2D eigenvalue weighted by molar-refractivity contribution is 5.95. The molecule has 0 aromatic heterocycles. The van der Waals surface area contributed by atoms with Crippen LogP contribution in [-0.2, 0) is 21.4 Å². The van der Waals surface area contributed by atoms with E-state index in [9.17, 15) is 14.7 Å². The SMILES string of the molecule is Cc1ccc(C2(C(=O)N3CCCC3)CC2)cc1NC(=O)Cc1cc(C#N)ccc1O. The van der Waals surface area contributed by atoms with E-state index in [4.69, 9.17) is 5.26 Å². The maximum absolute atomic E-state index is 13.1. The lowest BCUT2D eigenvalue weighted by molar-refractivity contribution is -0.132. The van der Waals surface area contributed by atoms with Crippen LogP contribution >= 0.6 is 0 Å². The van der Waals surface area contributed by atoms with E-state index in [1.165, 1.54) is 18.2 Å². The predicted molar refractivity (Wildman–Crippen MR) is 113 cm³/mol. The van der Waals surface area contributed by atoms with E-state index in [1.54, 1.807) is 0 Å². The van der Waals surface area contributed by atoms with Gasteiger partial charge >= 0.3 is 0 Å². The second-order valence-electron chi connectivity index (χ2n) is 8.29. The Bertz CT molecular complexity index is 1040. The molecule has 2 aromatic carbocycles. The minimum Gasteiger partial charge on any atom is -0.508 e. The van der Waals surface area contributed by atoms with Crippen molar-refractivity contribution >= 4 is 17.5 Å². The van der Waals surface area contributed by atoms with E-state index in [0.29, 0.717) is 16.8 Å². The average Bonchev–Trinajstić information content (AvgIpc) is 3.36. The third-order valence-corrected chi connectivity index (χ3v) is 6.18. The van der Waals surface area contributed by atoms with Gasteiger partial charge in [0.25, 0.3) is 0 Å². The number of phenols is 1. The number of likely N-dealkylation sites (tertiary alicyclic amines) is 1. The van der Waals surface area contributed by atoms with Crippen molar-refractivity contribution in [1.29, 1.82) is 5.26 Å². The highest BCUT2D eigenvalue weighted by Crippen LogP contribution is 2.50. The van der Waals surface area contributed by atoms with Crippen molar-refractivity contribution in [2.75, 3.05) is 18.4 Å². The Kier molecular flexibility index (Phi) is 5.21. The summed E-state index contributed by atoms with van der Waals surface area (Å²) >= 11 is 0. The fraction of sp³-hybridized carbons (Fsp3) is 0.375. The number of hydrogen-bond donors (Lipinski definition) is 2. The first-order valence-corrected chi connectivity index (χ1v) is 10.4. The van der Waals surface area contributed by atoms with Crippen LogP contribution in [0.25, 0.3) is 0 Å². The Labute approximate surface area is 176 Å². The number of aryl methyl sites for hydroxylation is 1.